The van der Waals surface area contributed by atoms with E-state index in [1.165, 1.54) is 11.8 Å². The van der Waals surface area contributed by atoms with Crippen molar-refractivity contribution in [3.63, 3.8) is 0 Å². The van der Waals surface area contributed by atoms with Crippen LogP contribution in [0.3, 0.4) is 0 Å². The number of amides is 1. The molecule has 1 fully saturated rings. The smallest absolute Gasteiger partial charge is 0.233 e. The lowest BCUT2D eigenvalue weighted by Gasteiger charge is -2.16. The van der Waals surface area contributed by atoms with E-state index in [0.29, 0.717) is 10.0 Å². The van der Waals surface area contributed by atoms with E-state index in [1.54, 1.807) is 18.2 Å². The summed E-state index contributed by atoms with van der Waals surface area (Å²) in [4.78, 5) is 12.9. The van der Waals surface area contributed by atoms with Gasteiger partial charge in [0.05, 0.1) is 10.3 Å². The van der Waals surface area contributed by atoms with Crippen molar-refractivity contribution in [2.24, 2.45) is 0 Å². The van der Waals surface area contributed by atoms with E-state index in [2.05, 4.69) is 10.6 Å². The summed E-state index contributed by atoms with van der Waals surface area (Å²) in [5, 5.41) is 7.31. The summed E-state index contributed by atoms with van der Waals surface area (Å²) in [7, 11) is 0. The maximum atomic E-state index is 12.1. The molecule has 112 valence electrons. The van der Waals surface area contributed by atoms with Crippen LogP contribution in [0.15, 0.2) is 23.1 Å². The molecule has 1 aliphatic heterocycles. The summed E-state index contributed by atoms with van der Waals surface area (Å²) in [6.07, 6.45) is 0.987. The van der Waals surface area contributed by atoms with E-state index in [0.717, 1.165) is 24.4 Å². The van der Waals surface area contributed by atoms with Crippen molar-refractivity contribution in [3.8, 4) is 0 Å². The van der Waals surface area contributed by atoms with Gasteiger partial charge >= 0.3 is 0 Å². The number of halogens is 3. The van der Waals surface area contributed by atoms with Gasteiger partial charge in [0, 0.05) is 22.5 Å². The summed E-state index contributed by atoms with van der Waals surface area (Å²) in [5.74, 6) is 0.0368. The Hall–Kier alpha value is -0.130. The van der Waals surface area contributed by atoms with Gasteiger partial charge in [-0.1, -0.05) is 23.2 Å². The van der Waals surface area contributed by atoms with Crippen molar-refractivity contribution in [3.05, 3.63) is 28.2 Å². The highest BCUT2D eigenvalue weighted by molar-refractivity contribution is 8.00. The van der Waals surface area contributed by atoms with Gasteiger partial charge < -0.3 is 10.6 Å². The van der Waals surface area contributed by atoms with E-state index in [-0.39, 0.29) is 29.6 Å². The molecule has 1 heterocycles. The minimum absolute atomic E-state index is 0. The van der Waals surface area contributed by atoms with E-state index in [1.807, 2.05) is 6.92 Å². The highest BCUT2D eigenvalue weighted by atomic mass is 35.5. The summed E-state index contributed by atoms with van der Waals surface area (Å²) in [6.45, 7) is 3.69. The van der Waals surface area contributed by atoms with Gasteiger partial charge in [0.1, 0.15) is 0 Å². The lowest BCUT2D eigenvalue weighted by molar-refractivity contribution is -0.120. The molecular formula is C13H17Cl3N2OS. The molecule has 7 heteroatoms. The number of rotatable bonds is 4. The zero-order chi connectivity index (χ0) is 13.8. The Morgan fingerprint density at radius 1 is 1.50 bits per heavy atom. The summed E-state index contributed by atoms with van der Waals surface area (Å²) in [6, 6.07) is 5.51. The van der Waals surface area contributed by atoms with Crippen LogP contribution in [0.1, 0.15) is 13.3 Å². The standard InChI is InChI=1S/C13H16Cl2N2OS.ClH/c1-8(13(18)17-10-4-5-16-7-10)19-12-6-9(14)2-3-11(12)15;/h2-3,6,8,10,16H,4-5,7H2,1H3,(H,17,18);1H. The van der Waals surface area contributed by atoms with Crippen molar-refractivity contribution in [1.82, 2.24) is 10.6 Å². The van der Waals surface area contributed by atoms with E-state index in [4.69, 9.17) is 23.2 Å². The second-order valence-electron chi connectivity index (χ2n) is 4.53. The number of hydrogen-bond acceptors (Lipinski definition) is 3. The highest BCUT2D eigenvalue weighted by Crippen LogP contribution is 2.32. The average molecular weight is 356 g/mol. The molecule has 0 radical (unpaired) electrons. The van der Waals surface area contributed by atoms with Crippen LogP contribution in [0, 0.1) is 0 Å². The van der Waals surface area contributed by atoms with Crippen LogP contribution in [-0.2, 0) is 4.79 Å². The van der Waals surface area contributed by atoms with Crippen molar-refractivity contribution in [2.75, 3.05) is 13.1 Å². The van der Waals surface area contributed by atoms with E-state index >= 15 is 0 Å². The largest absolute Gasteiger partial charge is 0.351 e. The molecule has 0 aromatic heterocycles. The Balaban J connectivity index is 0.00000200. The quantitative estimate of drug-likeness (QED) is 0.814. The van der Waals surface area contributed by atoms with Crippen LogP contribution in [0.2, 0.25) is 10.0 Å². The second-order valence-corrected chi connectivity index (χ2v) is 6.76. The fourth-order valence-electron chi connectivity index (χ4n) is 1.91. The molecule has 2 unspecified atom stereocenters. The first-order valence-electron chi connectivity index (χ1n) is 6.19. The third-order valence-electron chi connectivity index (χ3n) is 2.97. The number of nitrogens with one attached hydrogen (secondary N) is 2. The van der Waals surface area contributed by atoms with Gasteiger partial charge in [0.25, 0.3) is 0 Å². The second kappa shape index (κ2) is 8.35. The van der Waals surface area contributed by atoms with Crippen molar-refractivity contribution >= 4 is 53.3 Å². The number of carbonyl (C=O) groups is 1. The zero-order valence-corrected chi connectivity index (χ0v) is 14.1. The molecule has 1 saturated heterocycles. The molecule has 0 spiro atoms. The van der Waals surface area contributed by atoms with Crippen molar-refractivity contribution in [2.45, 2.75) is 29.5 Å². The Labute approximate surface area is 139 Å². The molecule has 3 nitrogen and oxygen atoms in total. The van der Waals surface area contributed by atoms with Gasteiger partial charge in [0.15, 0.2) is 0 Å². The van der Waals surface area contributed by atoms with Crippen molar-refractivity contribution < 1.29 is 4.79 Å². The van der Waals surface area contributed by atoms with Gasteiger partial charge in [-0.25, -0.2) is 0 Å². The van der Waals surface area contributed by atoms with Crippen LogP contribution in [0.25, 0.3) is 0 Å². The maximum absolute atomic E-state index is 12.1. The number of benzene rings is 1. The van der Waals surface area contributed by atoms with Crippen LogP contribution in [0.4, 0.5) is 0 Å². The molecule has 2 N–H and O–H groups in total. The molecular weight excluding hydrogens is 339 g/mol. The highest BCUT2D eigenvalue weighted by Gasteiger charge is 2.21. The molecule has 1 aliphatic rings. The predicted molar refractivity (Wildman–Crippen MR) is 88.4 cm³/mol. The summed E-state index contributed by atoms with van der Waals surface area (Å²) in [5.41, 5.74) is 0. The third kappa shape index (κ3) is 5.01. The first-order valence-corrected chi connectivity index (χ1v) is 7.82. The first kappa shape index (κ1) is 17.9. The Morgan fingerprint density at radius 2 is 2.25 bits per heavy atom. The molecule has 0 bridgehead atoms. The average Bonchev–Trinajstić information content (AvgIpc) is 2.86. The summed E-state index contributed by atoms with van der Waals surface area (Å²) < 4.78 is 0. The fraction of sp³-hybridized carbons (Fsp3) is 0.462. The number of hydrogen-bond donors (Lipinski definition) is 2. The summed E-state index contributed by atoms with van der Waals surface area (Å²) >= 11 is 13.5. The zero-order valence-electron chi connectivity index (χ0n) is 11.0. The normalized spacial score (nSPS) is 19.2. The first-order chi connectivity index (χ1) is 9.06. The lowest BCUT2D eigenvalue weighted by Crippen LogP contribution is -2.40. The molecule has 0 saturated carbocycles. The minimum atomic E-state index is -0.198. The fourth-order valence-corrected chi connectivity index (χ4v) is 3.33. The lowest BCUT2D eigenvalue weighted by atomic mass is 10.2. The Kier molecular flexibility index (Phi) is 7.48. The Bertz CT molecular complexity index is 467. The van der Waals surface area contributed by atoms with Crippen LogP contribution < -0.4 is 10.6 Å². The molecule has 2 rings (SSSR count). The van der Waals surface area contributed by atoms with Crippen LogP contribution in [-0.4, -0.2) is 30.3 Å². The molecule has 2 atom stereocenters. The van der Waals surface area contributed by atoms with Gasteiger partial charge in [0.2, 0.25) is 5.91 Å². The molecule has 1 aromatic rings. The molecule has 0 aliphatic carbocycles. The maximum Gasteiger partial charge on any atom is 0.233 e. The molecule has 20 heavy (non-hydrogen) atoms. The van der Waals surface area contributed by atoms with Crippen LogP contribution >= 0.6 is 47.4 Å². The monoisotopic (exact) mass is 354 g/mol. The van der Waals surface area contributed by atoms with Gasteiger partial charge in [-0.2, -0.15) is 0 Å². The molecule has 1 aromatic carbocycles. The predicted octanol–water partition coefficient (Wildman–Crippen LogP) is 3.37. The van der Waals surface area contributed by atoms with E-state index < -0.39 is 0 Å². The van der Waals surface area contributed by atoms with Gasteiger partial charge in [-0.3, -0.25) is 4.79 Å². The third-order valence-corrected chi connectivity index (χ3v) is 4.81. The number of carbonyl (C=O) groups excluding carboxylic acids is 1. The van der Waals surface area contributed by atoms with E-state index in [9.17, 15) is 4.79 Å². The van der Waals surface area contributed by atoms with Crippen molar-refractivity contribution in [1.29, 1.82) is 0 Å². The molecule has 1 amide bonds. The Morgan fingerprint density at radius 3 is 2.90 bits per heavy atom. The number of thioether (sulfide) groups is 1. The van der Waals surface area contributed by atoms with Gasteiger partial charge in [-0.05, 0) is 38.1 Å². The SMILES string of the molecule is CC(Sc1cc(Cl)ccc1Cl)C(=O)NC1CCNC1.Cl. The minimum Gasteiger partial charge on any atom is -0.351 e. The van der Waals surface area contributed by atoms with Gasteiger partial charge in [-0.15, -0.1) is 24.2 Å². The topological polar surface area (TPSA) is 41.1 Å². The van der Waals surface area contributed by atoms with Crippen LogP contribution in [0.5, 0.6) is 0 Å².